The van der Waals surface area contributed by atoms with E-state index in [4.69, 9.17) is 9.47 Å². The molecule has 2 unspecified atom stereocenters. The second-order valence-corrected chi connectivity index (χ2v) is 6.16. The van der Waals surface area contributed by atoms with Crippen molar-refractivity contribution < 1.29 is 13.9 Å². The van der Waals surface area contributed by atoms with Crippen molar-refractivity contribution in [2.45, 2.75) is 30.2 Å². The molecule has 2 rings (SSSR count). The summed E-state index contributed by atoms with van der Waals surface area (Å²) in [6, 6.07) is 3.15. The number of hydrogen-bond donors (Lipinski definition) is 0. The van der Waals surface area contributed by atoms with Crippen molar-refractivity contribution >= 4 is 31.9 Å². The van der Waals surface area contributed by atoms with Crippen LogP contribution in [-0.4, -0.2) is 19.8 Å². The lowest BCUT2D eigenvalue weighted by atomic mass is 10.0. The molecule has 2 atom stereocenters. The van der Waals surface area contributed by atoms with Crippen LogP contribution in [-0.2, 0) is 4.74 Å². The molecule has 0 aromatic heterocycles. The molecule has 1 heterocycles. The van der Waals surface area contributed by atoms with Crippen LogP contribution < -0.4 is 4.74 Å². The summed E-state index contributed by atoms with van der Waals surface area (Å²) in [5.74, 6) is 0.228. The summed E-state index contributed by atoms with van der Waals surface area (Å²) in [4.78, 5) is 0.0182. The second-order valence-electron chi connectivity index (χ2n) is 4.32. The molecule has 18 heavy (non-hydrogen) atoms. The minimum atomic E-state index is -0.320. The van der Waals surface area contributed by atoms with Crippen LogP contribution in [0.3, 0.4) is 0 Å². The van der Waals surface area contributed by atoms with E-state index in [9.17, 15) is 4.39 Å². The van der Waals surface area contributed by atoms with Crippen molar-refractivity contribution in [1.82, 2.24) is 0 Å². The third-order valence-corrected chi connectivity index (χ3v) is 4.80. The predicted molar refractivity (Wildman–Crippen MR) is 75.9 cm³/mol. The fraction of sp³-hybridized carbons (Fsp3) is 0.538. The molecule has 0 amide bonds. The third kappa shape index (κ3) is 3.06. The number of methoxy groups -OCH3 is 1. The van der Waals surface area contributed by atoms with E-state index in [1.807, 2.05) is 0 Å². The number of alkyl halides is 1. The Morgan fingerprint density at radius 2 is 2.22 bits per heavy atom. The smallest absolute Gasteiger partial charge is 0.141 e. The summed E-state index contributed by atoms with van der Waals surface area (Å²) < 4.78 is 24.9. The normalized spacial score (nSPS) is 21.7. The maximum atomic E-state index is 13.5. The summed E-state index contributed by atoms with van der Waals surface area (Å²) in [5.41, 5.74) is 0.915. The standard InChI is InChI=1S/C13H15Br2FO2/c1-17-12-7-10(16)9(14)6-8(12)13(15)11-4-2-3-5-18-11/h6-7,11,13H,2-5H2,1H3. The molecule has 1 aromatic carbocycles. The maximum absolute atomic E-state index is 13.5. The Labute approximate surface area is 123 Å². The van der Waals surface area contributed by atoms with Crippen molar-refractivity contribution in [3.8, 4) is 5.75 Å². The van der Waals surface area contributed by atoms with Gasteiger partial charge in [0, 0.05) is 18.2 Å². The average molecular weight is 382 g/mol. The highest BCUT2D eigenvalue weighted by Gasteiger charge is 2.27. The molecule has 1 aromatic rings. The summed E-state index contributed by atoms with van der Waals surface area (Å²) in [6.07, 6.45) is 3.40. The topological polar surface area (TPSA) is 18.5 Å². The highest BCUT2D eigenvalue weighted by Crippen LogP contribution is 2.40. The first kappa shape index (κ1) is 14.3. The Kier molecular flexibility index (Phi) is 5.04. The minimum Gasteiger partial charge on any atom is -0.496 e. The summed E-state index contributed by atoms with van der Waals surface area (Å²) >= 11 is 6.86. The number of hydrogen-bond acceptors (Lipinski definition) is 2. The van der Waals surface area contributed by atoms with Crippen LogP contribution in [0.1, 0.15) is 29.7 Å². The lowest BCUT2D eigenvalue weighted by Gasteiger charge is -2.28. The highest BCUT2D eigenvalue weighted by atomic mass is 79.9. The van der Waals surface area contributed by atoms with Gasteiger partial charge in [-0.2, -0.15) is 0 Å². The SMILES string of the molecule is COc1cc(F)c(Br)cc1C(Br)C1CCCCO1. The minimum absolute atomic E-state index is 0.0182. The molecule has 0 N–H and O–H groups in total. The van der Waals surface area contributed by atoms with Crippen LogP contribution in [0.5, 0.6) is 5.75 Å². The van der Waals surface area contributed by atoms with Gasteiger partial charge in [0.2, 0.25) is 0 Å². The molecule has 100 valence electrons. The first-order valence-electron chi connectivity index (χ1n) is 5.92. The van der Waals surface area contributed by atoms with Gasteiger partial charge in [-0.3, -0.25) is 0 Å². The van der Waals surface area contributed by atoms with E-state index in [0.29, 0.717) is 10.2 Å². The Balaban J connectivity index is 2.27. The molecular formula is C13H15Br2FO2. The third-order valence-electron chi connectivity index (χ3n) is 3.11. The van der Waals surface area contributed by atoms with Crippen LogP contribution in [0, 0.1) is 5.82 Å². The van der Waals surface area contributed by atoms with Gasteiger partial charge < -0.3 is 9.47 Å². The second kappa shape index (κ2) is 6.35. The van der Waals surface area contributed by atoms with E-state index >= 15 is 0 Å². The van der Waals surface area contributed by atoms with Crippen LogP contribution in [0.25, 0.3) is 0 Å². The Hall–Kier alpha value is -0.130. The molecule has 5 heteroatoms. The Bertz CT molecular complexity index is 420. The number of benzene rings is 1. The summed E-state index contributed by atoms with van der Waals surface area (Å²) in [5, 5.41) is 0. The van der Waals surface area contributed by atoms with Gasteiger partial charge in [0.1, 0.15) is 11.6 Å². The predicted octanol–water partition coefficient (Wildman–Crippen LogP) is 4.60. The molecule has 0 aliphatic carbocycles. The first-order valence-corrected chi connectivity index (χ1v) is 7.63. The van der Waals surface area contributed by atoms with Crippen LogP contribution >= 0.6 is 31.9 Å². The van der Waals surface area contributed by atoms with Gasteiger partial charge >= 0.3 is 0 Å². The number of rotatable bonds is 3. The zero-order valence-corrected chi connectivity index (χ0v) is 13.3. The zero-order valence-electron chi connectivity index (χ0n) is 10.1. The molecule has 2 nitrogen and oxygen atoms in total. The van der Waals surface area contributed by atoms with Crippen molar-refractivity contribution in [2.75, 3.05) is 13.7 Å². The summed E-state index contributed by atoms with van der Waals surface area (Å²) in [7, 11) is 1.55. The van der Waals surface area contributed by atoms with Gasteiger partial charge in [-0.25, -0.2) is 4.39 Å². The van der Waals surface area contributed by atoms with E-state index < -0.39 is 0 Å². The van der Waals surface area contributed by atoms with E-state index in [0.717, 1.165) is 31.4 Å². The number of halogens is 3. The lowest BCUT2D eigenvalue weighted by molar-refractivity contribution is 0.0157. The van der Waals surface area contributed by atoms with E-state index in [-0.39, 0.29) is 16.7 Å². The molecule has 1 fully saturated rings. The molecule has 1 saturated heterocycles. The van der Waals surface area contributed by atoms with Crippen molar-refractivity contribution in [3.05, 3.63) is 28.0 Å². The van der Waals surface area contributed by atoms with Gasteiger partial charge in [0.25, 0.3) is 0 Å². The first-order chi connectivity index (χ1) is 8.63. The Morgan fingerprint density at radius 1 is 1.44 bits per heavy atom. The van der Waals surface area contributed by atoms with Gasteiger partial charge in [-0.05, 0) is 41.3 Å². The van der Waals surface area contributed by atoms with Crippen LogP contribution in [0.2, 0.25) is 0 Å². The molecule has 0 bridgehead atoms. The monoisotopic (exact) mass is 380 g/mol. The lowest BCUT2D eigenvalue weighted by Crippen LogP contribution is -2.23. The molecule has 1 aliphatic heterocycles. The molecule has 0 saturated carbocycles. The van der Waals surface area contributed by atoms with Gasteiger partial charge in [-0.1, -0.05) is 15.9 Å². The number of ether oxygens (including phenoxy) is 2. The van der Waals surface area contributed by atoms with E-state index in [1.165, 1.54) is 6.07 Å². The average Bonchev–Trinajstić information content (AvgIpc) is 2.41. The fourth-order valence-corrected chi connectivity index (χ4v) is 3.27. The molecule has 0 radical (unpaired) electrons. The van der Waals surface area contributed by atoms with Crippen molar-refractivity contribution in [3.63, 3.8) is 0 Å². The molecule has 0 spiro atoms. The van der Waals surface area contributed by atoms with Gasteiger partial charge in [0.05, 0.1) is 22.5 Å². The highest BCUT2D eigenvalue weighted by molar-refractivity contribution is 9.10. The van der Waals surface area contributed by atoms with Gasteiger partial charge in [0.15, 0.2) is 0 Å². The maximum Gasteiger partial charge on any atom is 0.141 e. The largest absolute Gasteiger partial charge is 0.496 e. The Morgan fingerprint density at radius 3 is 2.83 bits per heavy atom. The van der Waals surface area contributed by atoms with Crippen molar-refractivity contribution in [1.29, 1.82) is 0 Å². The van der Waals surface area contributed by atoms with Gasteiger partial charge in [-0.15, -0.1) is 0 Å². The van der Waals surface area contributed by atoms with E-state index in [2.05, 4.69) is 31.9 Å². The quantitative estimate of drug-likeness (QED) is 0.712. The fourth-order valence-electron chi connectivity index (χ4n) is 2.13. The van der Waals surface area contributed by atoms with E-state index in [1.54, 1.807) is 13.2 Å². The zero-order chi connectivity index (χ0) is 13.1. The van der Waals surface area contributed by atoms with Crippen LogP contribution in [0.15, 0.2) is 16.6 Å². The summed E-state index contributed by atoms with van der Waals surface area (Å²) in [6.45, 7) is 0.789. The van der Waals surface area contributed by atoms with Crippen molar-refractivity contribution in [2.24, 2.45) is 0 Å². The molecular weight excluding hydrogens is 367 g/mol. The molecule has 1 aliphatic rings. The van der Waals surface area contributed by atoms with Crippen LogP contribution in [0.4, 0.5) is 4.39 Å².